The fourth-order valence-electron chi connectivity index (χ4n) is 3.20. The van der Waals surface area contributed by atoms with Crippen molar-refractivity contribution >= 4 is 27.4 Å². The van der Waals surface area contributed by atoms with E-state index >= 15 is 0 Å². The summed E-state index contributed by atoms with van der Waals surface area (Å²) in [6, 6.07) is 5.08. The molecule has 1 aromatic heterocycles. The molecule has 1 fully saturated rings. The topological polar surface area (TPSA) is 115 Å². The first-order valence-electron chi connectivity index (χ1n) is 9.61. The number of ether oxygens (including phenoxy) is 1. The fourth-order valence-corrected chi connectivity index (χ4v) is 3.76. The van der Waals surface area contributed by atoms with Crippen LogP contribution in [0.5, 0.6) is 0 Å². The highest BCUT2D eigenvalue weighted by atomic mass is 32.2. The molecule has 3 rings (SSSR count). The average Bonchev–Trinajstić information content (AvgIpc) is 2.98. The van der Waals surface area contributed by atoms with Gasteiger partial charge in [0.2, 0.25) is 10.0 Å². The van der Waals surface area contributed by atoms with E-state index in [4.69, 9.17) is 9.88 Å². The van der Waals surface area contributed by atoms with Crippen molar-refractivity contribution in [3.8, 4) is 0 Å². The standard InChI is InChI=1S/C19H18F6N4O4S/c20-18(21,22)11-7-14(17(30)28-12-3-1-4-13(8-12)34(26,31)32)16(27-9-11)29-5-2-6-33-15(10-29)19(23,24)25/h1,3-4,7-9,15H,2,5-6,10H2,(H,28,30)(H2,26,31,32). The minimum atomic E-state index is -4.88. The Morgan fingerprint density at radius 2 is 1.88 bits per heavy atom. The normalized spacial score (nSPS) is 17.9. The number of halogens is 6. The predicted octanol–water partition coefficient (Wildman–Crippen LogP) is 3.16. The summed E-state index contributed by atoms with van der Waals surface area (Å²) in [5.74, 6) is -1.55. The Kier molecular flexibility index (Phi) is 7.10. The van der Waals surface area contributed by atoms with E-state index in [9.17, 15) is 39.6 Å². The molecule has 1 aliphatic rings. The quantitative estimate of drug-likeness (QED) is 0.609. The molecule has 0 radical (unpaired) electrons. The van der Waals surface area contributed by atoms with Gasteiger partial charge in [0.25, 0.3) is 5.91 Å². The molecule has 1 aromatic carbocycles. The molecular weight excluding hydrogens is 494 g/mol. The number of carbonyl (C=O) groups excluding carboxylic acids is 1. The summed E-state index contributed by atoms with van der Waals surface area (Å²) in [6.07, 6.45) is -11.3. The van der Waals surface area contributed by atoms with Crippen molar-refractivity contribution in [1.29, 1.82) is 0 Å². The van der Waals surface area contributed by atoms with Gasteiger partial charge in [0.05, 0.1) is 22.6 Å². The molecule has 186 valence electrons. The first-order valence-corrected chi connectivity index (χ1v) is 11.2. The second kappa shape index (κ2) is 9.38. The van der Waals surface area contributed by atoms with Gasteiger partial charge in [-0.1, -0.05) is 6.07 Å². The fraction of sp³-hybridized carbons (Fsp3) is 0.368. The Hall–Kier alpha value is -2.91. The number of nitrogens with two attached hydrogens (primary N) is 1. The second-order valence-electron chi connectivity index (χ2n) is 7.32. The van der Waals surface area contributed by atoms with E-state index in [1.807, 2.05) is 0 Å². The monoisotopic (exact) mass is 512 g/mol. The third-order valence-corrected chi connectivity index (χ3v) is 5.71. The third kappa shape index (κ3) is 6.15. The Morgan fingerprint density at radius 1 is 1.18 bits per heavy atom. The van der Waals surface area contributed by atoms with Crippen LogP contribution in [0.3, 0.4) is 0 Å². The number of hydrogen-bond acceptors (Lipinski definition) is 6. The SMILES string of the molecule is NS(=O)(=O)c1cccc(NC(=O)c2cc(C(F)(F)F)cnc2N2CCCOC(C(F)(F)F)C2)c1. The zero-order valence-corrected chi connectivity index (χ0v) is 18.0. The maximum absolute atomic E-state index is 13.3. The van der Waals surface area contributed by atoms with E-state index < -0.39 is 57.9 Å². The van der Waals surface area contributed by atoms with Gasteiger partial charge in [-0.2, -0.15) is 26.3 Å². The first-order chi connectivity index (χ1) is 15.7. The summed E-state index contributed by atoms with van der Waals surface area (Å²) in [5, 5.41) is 7.27. The molecule has 0 aliphatic carbocycles. The van der Waals surface area contributed by atoms with Crippen LogP contribution >= 0.6 is 0 Å². The molecule has 8 nitrogen and oxygen atoms in total. The average molecular weight is 512 g/mol. The molecule has 2 heterocycles. The van der Waals surface area contributed by atoms with Gasteiger partial charge in [0.15, 0.2) is 6.10 Å². The molecule has 15 heteroatoms. The van der Waals surface area contributed by atoms with E-state index in [-0.39, 0.29) is 30.2 Å². The van der Waals surface area contributed by atoms with E-state index in [1.54, 1.807) is 0 Å². The molecule has 1 aliphatic heterocycles. The Labute approximate surface area is 189 Å². The van der Waals surface area contributed by atoms with Crippen LogP contribution in [0.25, 0.3) is 0 Å². The molecule has 1 unspecified atom stereocenters. The van der Waals surface area contributed by atoms with E-state index in [0.717, 1.165) is 17.0 Å². The molecule has 3 N–H and O–H groups in total. The van der Waals surface area contributed by atoms with Gasteiger partial charge in [-0.3, -0.25) is 4.79 Å². The van der Waals surface area contributed by atoms with E-state index in [0.29, 0.717) is 12.3 Å². The summed E-state index contributed by atoms with van der Waals surface area (Å²) in [6.45, 7) is -1.10. The number of amides is 1. The van der Waals surface area contributed by atoms with Crippen LogP contribution in [-0.2, 0) is 20.9 Å². The van der Waals surface area contributed by atoms with Crippen LogP contribution in [0, 0.1) is 0 Å². The molecule has 0 bridgehead atoms. The Morgan fingerprint density at radius 3 is 2.50 bits per heavy atom. The molecule has 0 spiro atoms. The van der Waals surface area contributed by atoms with Gasteiger partial charge in [-0.05, 0) is 30.7 Å². The zero-order valence-electron chi connectivity index (χ0n) is 17.2. The molecule has 0 saturated carbocycles. The number of nitrogens with zero attached hydrogens (tertiary/aromatic N) is 2. The summed E-state index contributed by atoms with van der Waals surface area (Å²) in [4.78, 5) is 17.2. The largest absolute Gasteiger partial charge is 0.417 e. The summed E-state index contributed by atoms with van der Waals surface area (Å²) in [5.41, 5.74) is -2.07. The van der Waals surface area contributed by atoms with Crippen molar-refractivity contribution in [2.24, 2.45) is 5.14 Å². The number of hydrogen-bond donors (Lipinski definition) is 2. The lowest BCUT2D eigenvalue weighted by molar-refractivity contribution is -0.214. The van der Waals surface area contributed by atoms with E-state index in [2.05, 4.69) is 10.3 Å². The van der Waals surface area contributed by atoms with E-state index in [1.165, 1.54) is 12.1 Å². The first kappa shape index (κ1) is 25.7. The lowest BCUT2D eigenvalue weighted by atomic mass is 10.1. The van der Waals surface area contributed by atoms with Crippen molar-refractivity contribution in [1.82, 2.24) is 4.98 Å². The lowest BCUT2D eigenvalue weighted by Crippen LogP contribution is -2.42. The molecule has 1 atom stereocenters. The molecule has 1 amide bonds. The number of primary sulfonamides is 1. The number of rotatable bonds is 4. The van der Waals surface area contributed by atoms with Crippen LogP contribution in [0.2, 0.25) is 0 Å². The van der Waals surface area contributed by atoms with Crippen molar-refractivity contribution in [3.05, 3.63) is 47.7 Å². The molecular formula is C19H18F6N4O4S. The number of sulfonamides is 1. The minimum absolute atomic E-state index is 0.0634. The number of alkyl halides is 6. The van der Waals surface area contributed by atoms with Gasteiger partial charge in [0.1, 0.15) is 5.82 Å². The maximum atomic E-state index is 13.3. The van der Waals surface area contributed by atoms with Crippen molar-refractivity contribution in [3.63, 3.8) is 0 Å². The highest BCUT2D eigenvalue weighted by molar-refractivity contribution is 7.89. The van der Waals surface area contributed by atoms with Gasteiger partial charge >= 0.3 is 12.4 Å². The molecule has 34 heavy (non-hydrogen) atoms. The maximum Gasteiger partial charge on any atom is 0.417 e. The number of aromatic nitrogens is 1. The number of nitrogens with one attached hydrogen (secondary N) is 1. The second-order valence-corrected chi connectivity index (χ2v) is 8.88. The lowest BCUT2D eigenvalue weighted by Gasteiger charge is -2.27. The summed E-state index contributed by atoms with van der Waals surface area (Å²) in [7, 11) is -4.14. The van der Waals surface area contributed by atoms with Crippen LogP contribution < -0.4 is 15.4 Å². The van der Waals surface area contributed by atoms with Crippen molar-refractivity contribution in [2.45, 2.75) is 29.8 Å². The van der Waals surface area contributed by atoms with Gasteiger partial charge in [0, 0.05) is 25.0 Å². The summed E-state index contributed by atoms with van der Waals surface area (Å²) >= 11 is 0. The third-order valence-electron chi connectivity index (χ3n) is 4.80. The highest BCUT2D eigenvalue weighted by Gasteiger charge is 2.43. The zero-order chi connectivity index (χ0) is 25.3. The number of pyridine rings is 1. The van der Waals surface area contributed by atoms with Gasteiger partial charge < -0.3 is 15.0 Å². The Bertz CT molecular complexity index is 1170. The van der Waals surface area contributed by atoms with Gasteiger partial charge in [-0.15, -0.1) is 0 Å². The molecule has 2 aromatic rings. The van der Waals surface area contributed by atoms with Crippen LogP contribution in [-0.4, -0.2) is 51.3 Å². The predicted molar refractivity (Wildman–Crippen MR) is 108 cm³/mol. The minimum Gasteiger partial charge on any atom is -0.367 e. The Balaban J connectivity index is 2.01. The number of benzene rings is 1. The smallest absolute Gasteiger partial charge is 0.367 e. The van der Waals surface area contributed by atoms with Crippen LogP contribution in [0.4, 0.5) is 37.8 Å². The van der Waals surface area contributed by atoms with Gasteiger partial charge in [-0.25, -0.2) is 18.5 Å². The van der Waals surface area contributed by atoms with Crippen LogP contribution in [0.1, 0.15) is 22.3 Å². The number of anilines is 2. The van der Waals surface area contributed by atoms with Crippen molar-refractivity contribution < 1.29 is 44.3 Å². The number of carbonyl (C=O) groups is 1. The summed E-state index contributed by atoms with van der Waals surface area (Å²) < 4.78 is 107. The van der Waals surface area contributed by atoms with Crippen LogP contribution in [0.15, 0.2) is 41.4 Å². The highest BCUT2D eigenvalue weighted by Crippen LogP contribution is 2.33. The molecule has 1 saturated heterocycles. The van der Waals surface area contributed by atoms with Crippen molar-refractivity contribution in [2.75, 3.05) is 29.9 Å².